The average molecular weight is 309 g/mol. The molecule has 0 amide bonds. The van der Waals surface area contributed by atoms with Gasteiger partial charge >= 0.3 is 0 Å². The van der Waals surface area contributed by atoms with Gasteiger partial charge in [-0.15, -0.1) is 11.8 Å². The van der Waals surface area contributed by atoms with Crippen molar-refractivity contribution in [3.63, 3.8) is 0 Å². The number of thioether (sulfide) groups is 1. The van der Waals surface area contributed by atoms with Crippen molar-refractivity contribution in [1.82, 2.24) is 0 Å². The van der Waals surface area contributed by atoms with Crippen molar-refractivity contribution >= 4 is 27.7 Å². The van der Waals surface area contributed by atoms with E-state index in [9.17, 15) is 0 Å². The van der Waals surface area contributed by atoms with E-state index in [2.05, 4.69) is 40.4 Å². The van der Waals surface area contributed by atoms with E-state index in [4.69, 9.17) is 4.74 Å². The first-order chi connectivity index (χ1) is 8.29. The van der Waals surface area contributed by atoms with Crippen molar-refractivity contribution < 1.29 is 4.74 Å². The Hall–Kier alpha value is -0.930. The molecule has 17 heavy (non-hydrogen) atoms. The number of hydrogen-bond acceptors (Lipinski definition) is 2. The number of benzene rings is 2. The molecule has 0 radical (unpaired) electrons. The van der Waals surface area contributed by atoms with Gasteiger partial charge in [0.05, 0.1) is 0 Å². The lowest BCUT2D eigenvalue weighted by Gasteiger charge is -2.08. The van der Waals surface area contributed by atoms with Gasteiger partial charge in [-0.3, -0.25) is 0 Å². The fourth-order valence-corrected chi connectivity index (χ4v) is 2.70. The Labute approximate surface area is 114 Å². The molecule has 0 aliphatic carbocycles. The van der Waals surface area contributed by atoms with Crippen molar-refractivity contribution in [2.75, 3.05) is 6.26 Å². The molecule has 0 heterocycles. The molecule has 0 aromatic heterocycles. The number of hydrogen-bond donors (Lipinski definition) is 0. The maximum Gasteiger partial charge on any atom is 0.121 e. The summed E-state index contributed by atoms with van der Waals surface area (Å²) in [6.45, 7) is 0.607. The van der Waals surface area contributed by atoms with Gasteiger partial charge in [-0.1, -0.05) is 30.3 Å². The predicted molar refractivity (Wildman–Crippen MR) is 76.7 cm³/mol. The van der Waals surface area contributed by atoms with Gasteiger partial charge in [-0.2, -0.15) is 0 Å². The molecule has 0 bridgehead atoms. The molecule has 0 aliphatic heterocycles. The Kier molecular flexibility index (Phi) is 4.51. The number of halogens is 1. The highest BCUT2D eigenvalue weighted by molar-refractivity contribution is 9.10. The van der Waals surface area contributed by atoms with E-state index in [1.54, 1.807) is 11.8 Å². The minimum absolute atomic E-state index is 0.607. The zero-order valence-electron chi connectivity index (χ0n) is 9.52. The van der Waals surface area contributed by atoms with Crippen molar-refractivity contribution in [2.45, 2.75) is 11.5 Å². The molecule has 2 rings (SSSR count). The van der Waals surface area contributed by atoms with Crippen LogP contribution >= 0.6 is 27.7 Å². The van der Waals surface area contributed by atoms with Crippen LogP contribution in [0.2, 0.25) is 0 Å². The minimum atomic E-state index is 0.607. The third kappa shape index (κ3) is 3.51. The maximum absolute atomic E-state index is 5.76. The fourth-order valence-electron chi connectivity index (χ4n) is 1.47. The molecule has 88 valence electrons. The highest BCUT2D eigenvalue weighted by atomic mass is 79.9. The largest absolute Gasteiger partial charge is 0.489 e. The van der Waals surface area contributed by atoms with Gasteiger partial charge in [-0.25, -0.2) is 0 Å². The molecule has 0 N–H and O–H groups in total. The second-order valence-electron chi connectivity index (χ2n) is 3.57. The van der Waals surface area contributed by atoms with Crippen molar-refractivity contribution in [1.29, 1.82) is 0 Å². The molecular formula is C14H13BrOS. The van der Waals surface area contributed by atoms with E-state index in [0.717, 1.165) is 10.2 Å². The molecule has 0 atom stereocenters. The third-order valence-corrected chi connectivity index (χ3v) is 4.10. The second kappa shape index (κ2) is 6.12. The van der Waals surface area contributed by atoms with Crippen LogP contribution in [0.25, 0.3) is 0 Å². The first-order valence-corrected chi connectivity index (χ1v) is 7.31. The van der Waals surface area contributed by atoms with Gasteiger partial charge in [0.1, 0.15) is 12.4 Å². The SMILES string of the molecule is CSc1cc(OCc2ccccc2)ccc1Br. The van der Waals surface area contributed by atoms with Crippen molar-refractivity contribution in [2.24, 2.45) is 0 Å². The lowest BCUT2D eigenvalue weighted by Crippen LogP contribution is -1.95. The quantitative estimate of drug-likeness (QED) is 0.754. The molecule has 0 saturated heterocycles. The lowest BCUT2D eigenvalue weighted by atomic mass is 10.2. The van der Waals surface area contributed by atoms with Crippen LogP contribution in [0.3, 0.4) is 0 Å². The number of rotatable bonds is 4. The molecule has 1 nitrogen and oxygen atoms in total. The lowest BCUT2D eigenvalue weighted by molar-refractivity contribution is 0.305. The Morgan fingerprint density at radius 2 is 1.88 bits per heavy atom. The fraction of sp³-hybridized carbons (Fsp3) is 0.143. The van der Waals surface area contributed by atoms with Gasteiger partial charge in [0.15, 0.2) is 0 Å². The van der Waals surface area contributed by atoms with Crippen molar-refractivity contribution in [3.8, 4) is 5.75 Å². The summed E-state index contributed by atoms with van der Waals surface area (Å²) >= 11 is 5.21. The second-order valence-corrected chi connectivity index (χ2v) is 5.27. The first-order valence-electron chi connectivity index (χ1n) is 5.30. The molecule has 3 heteroatoms. The zero-order chi connectivity index (χ0) is 12.1. The third-order valence-electron chi connectivity index (χ3n) is 2.37. The minimum Gasteiger partial charge on any atom is -0.489 e. The number of ether oxygens (including phenoxy) is 1. The monoisotopic (exact) mass is 308 g/mol. The van der Waals surface area contributed by atoms with Crippen LogP contribution in [0.5, 0.6) is 5.75 Å². The van der Waals surface area contributed by atoms with E-state index in [0.29, 0.717) is 6.61 Å². The van der Waals surface area contributed by atoms with E-state index >= 15 is 0 Å². The van der Waals surface area contributed by atoms with Crippen LogP contribution in [0.15, 0.2) is 57.9 Å². The summed E-state index contributed by atoms with van der Waals surface area (Å²) in [4.78, 5) is 1.19. The molecule has 0 aliphatic rings. The average Bonchev–Trinajstić information content (AvgIpc) is 2.39. The molecule has 0 fully saturated rings. The standard InChI is InChI=1S/C14H13BrOS/c1-17-14-9-12(7-8-13(14)15)16-10-11-5-3-2-4-6-11/h2-9H,10H2,1H3. The van der Waals surface area contributed by atoms with Crippen LogP contribution in [0, 0.1) is 0 Å². The Balaban J connectivity index is 2.04. The Morgan fingerprint density at radius 1 is 1.12 bits per heavy atom. The maximum atomic E-state index is 5.76. The van der Waals surface area contributed by atoms with Crippen molar-refractivity contribution in [3.05, 3.63) is 58.6 Å². The van der Waals surface area contributed by atoms with E-state index in [-0.39, 0.29) is 0 Å². The summed E-state index contributed by atoms with van der Waals surface area (Å²) < 4.78 is 6.86. The molecule has 2 aromatic rings. The van der Waals surface area contributed by atoms with Crippen LogP contribution in [-0.4, -0.2) is 6.26 Å². The molecule has 0 unspecified atom stereocenters. The normalized spacial score (nSPS) is 10.2. The molecule has 2 aromatic carbocycles. The Bertz CT molecular complexity index is 485. The smallest absolute Gasteiger partial charge is 0.121 e. The van der Waals surface area contributed by atoms with Crippen LogP contribution in [0.1, 0.15) is 5.56 Å². The molecular weight excluding hydrogens is 296 g/mol. The van der Waals surface area contributed by atoms with E-state index < -0.39 is 0 Å². The van der Waals surface area contributed by atoms with Gasteiger partial charge in [0, 0.05) is 9.37 Å². The Morgan fingerprint density at radius 3 is 2.59 bits per heavy atom. The summed E-state index contributed by atoms with van der Waals surface area (Å²) in [7, 11) is 0. The van der Waals surface area contributed by atoms with E-state index in [1.165, 1.54) is 10.5 Å². The highest BCUT2D eigenvalue weighted by Gasteiger charge is 2.01. The summed E-state index contributed by atoms with van der Waals surface area (Å²) in [5.74, 6) is 0.904. The van der Waals surface area contributed by atoms with Gasteiger partial charge in [0.25, 0.3) is 0 Å². The van der Waals surface area contributed by atoms with Crippen LogP contribution < -0.4 is 4.74 Å². The molecule has 0 spiro atoms. The summed E-state index contributed by atoms with van der Waals surface area (Å²) in [6.07, 6.45) is 2.06. The van der Waals surface area contributed by atoms with E-state index in [1.807, 2.05) is 30.3 Å². The van der Waals surface area contributed by atoms with Gasteiger partial charge < -0.3 is 4.74 Å². The zero-order valence-corrected chi connectivity index (χ0v) is 11.9. The molecule has 0 saturated carbocycles. The first kappa shape index (κ1) is 12.5. The highest BCUT2D eigenvalue weighted by Crippen LogP contribution is 2.29. The summed E-state index contributed by atoms with van der Waals surface area (Å²) in [6, 6.07) is 16.2. The predicted octanol–water partition coefficient (Wildman–Crippen LogP) is 4.75. The topological polar surface area (TPSA) is 9.23 Å². The van der Waals surface area contributed by atoms with Crippen LogP contribution in [0.4, 0.5) is 0 Å². The van der Waals surface area contributed by atoms with Gasteiger partial charge in [-0.05, 0) is 45.9 Å². The summed E-state index contributed by atoms with van der Waals surface area (Å²) in [5, 5.41) is 0. The van der Waals surface area contributed by atoms with Gasteiger partial charge in [0.2, 0.25) is 0 Å². The summed E-state index contributed by atoms with van der Waals surface area (Å²) in [5.41, 5.74) is 1.18. The van der Waals surface area contributed by atoms with Crippen LogP contribution in [-0.2, 0) is 6.61 Å².